The Bertz CT molecular complexity index is 1110. The van der Waals surface area contributed by atoms with Crippen LogP contribution in [0.3, 0.4) is 0 Å². The van der Waals surface area contributed by atoms with Crippen LogP contribution in [0.15, 0.2) is 24.3 Å². The van der Waals surface area contributed by atoms with Crippen molar-refractivity contribution in [1.82, 2.24) is 9.88 Å². The number of aromatic nitrogens is 1. The molecule has 1 aromatic carbocycles. The van der Waals surface area contributed by atoms with Crippen molar-refractivity contribution in [2.45, 2.75) is 44.2 Å². The van der Waals surface area contributed by atoms with Gasteiger partial charge in [-0.25, -0.2) is 4.79 Å². The summed E-state index contributed by atoms with van der Waals surface area (Å²) >= 11 is 0. The van der Waals surface area contributed by atoms with Gasteiger partial charge in [-0.15, -0.1) is 0 Å². The molecule has 2 atom stereocenters. The molecule has 1 amide bonds. The molecule has 0 saturated carbocycles. The highest BCUT2D eigenvalue weighted by atomic mass is 16.6. The highest BCUT2D eigenvalue weighted by Crippen LogP contribution is 2.53. The molecule has 1 aromatic heterocycles. The molecule has 1 saturated heterocycles. The summed E-state index contributed by atoms with van der Waals surface area (Å²) in [7, 11) is 2.34. The highest BCUT2D eigenvalue weighted by molar-refractivity contribution is 6.16. The summed E-state index contributed by atoms with van der Waals surface area (Å²) in [5, 5.41) is 0.631. The van der Waals surface area contributed by atoms with Gasteiger partial charge < -0.3 is 19.2 Å². The van der Waals surface area contributed by atoms with Crippen molar-refractivity contribution in [1.29, 1.82) is 0 Å². The molecule has 1 aliphatic carbocycles. The van der Waals surface area contributed by atoms with Crippen LogP contribution in [-0.4, -0.2) is 60.1 Å². The maximum Gasteiger partial charge on any atom is 0.411 e. The number of methoxy groups -OCH3 is 2. The molecule has 170 valence electrons. The first-order valence-electron chi connectivity index (χ1n) is 10.4. The summed E-state index contributed by atoms with van der Waals surface area (Å²) in [4.78, 5) is 57.7. The van der Waals surface area contributed by atoms with E-state index in [4.69, 9.17) is 14.2 Å². The number of piperidine rings is 1. The number of carbonyl (C=O) groups excluding carboxylic acids is 4. The largest absolute Gasteiger partial charge is 0.468 e. The van der Waals surface area contributed by atoms with Gasteiger partial charge in [-0.05, 0) is 33.3 Å². The van der Waals surface area contributed by atoms with Crippen molar-refractivity contribution in [2.75, 3.05) is 20.8 Å². The van der Waals surface area contributed by atoms with Gasteiger partial charge >= 0.3 is 18.0 Å². The number of para-hydroxylation sites is 1. The number of ether oxygens (including phenoxy) is 3. The van der Waals surface area contributed by atoms with Crippen molar-refractivity contribution in [2.24, 2.45) is 5.92 Å². The fourth-order valence-corrected chi connectivity index (χ4v) is 4.96. The molecule has 2 aliphatic rings. The van der Waals surface area contributed by atoms with Gasteiger partial charge in [0.2, 0.25) is 5.41 Å². The molecule has 4 rings (SSSR count). The van der Waals surface area contributed by atoms with Crippen LogP contribution in [0.4, 0.5) is 4.79 Å². The number of hydrogen-bond donors (Lipinski definition) is 1. The number of benzene rings is 1. The van der Waals surface area contributed by atoms with Crippen LogP contribution >= 0.6 is 0 Å². The zero-order chi connectivity index (χ0) is 23.4. The number of Topliss-reactive ketones (excluding diaryl/α,β-unsaturated/α-hetero) is 1. The summed E-state index contributed by atoms with van der Waals surface area (Å²) in [6.45, 7) is 5.37. The summed E-state index contributed by atoms with van der Waals surface area (Å²) in [6.07, 6.45) is -0.553. The molecule has 1 N–H and O–H groups in total. The van der Waals surface area contributed by atoms with Crippen molar-refractivity contribution in [3.8, 4) is 0 Å². The molecule has 2 bridgehead atoms. The Hall–Kier alpha value is -3.36. The van der Waals surface area contributed by atoms with Crippen molar-refractivity contribution >= 4 is 34.7 Å². The maximum absolute atomic E-state index is 13.8. The Morgan fingerprint density at radius 3 is 2.31 bits per heavy atom. The van der Waals surface area contributed by atoms with E-state index in [1.807, 2.05) is 0 Å². The molecular formula is C23H26N2O7. The standard InChI is InChI=1S/C23H26N2O7/c1-22(2,3)32-21(29)25-11-10-13-17(26)16(25)15-12-8-6-7-9-14(12)24-18(15)23(13,19(27)30-4)20(28)31-5/h6-9,13,16,24H,10-11H2,1-5H3/t13-,16-/m0/s1. The minimum absolute atomic E-state index is 0.0770. The van der Waals surface area contributed by atoms with Gasteiger partial charge in [0.25, 0.3) is 0 Å². The predicted octanol–water partition coefficient (Wildman–Crippen LogP) is 2.63. The number of nitrogens with zero attached hydrogens (tertiary/aromatic N) is 1. The van der Waals surface area contributed by atoms with Crippen LogP contribution in [0.5, 0.6) is 0 Å². The summed E-state index contributed by atoms with van der Waals surface area (Å²) in [5.41, 5.74) is -1.50. The second-order valence-corrected chi connectivity index (χ2v) is 9.07. The molecule has 9 nitrogen and oxygen atoms in total. The highest BCUT2D eigenvalue weighted by Gasteiger charge is 2.67. The van der Waals surface area contributed by atoms with E-state index in [1.54, 1.807) is 45.0 Å². The Morgan fingerprint density at radius 2 is 1.72 bits per heavy atom. The van der Waals surface area contributed by atoms with E-state index in [2.05, 4.69) is 4.98 Å². The molecular weight excluding hydrogens is 416 g/mol. The number of esters is 2. The predicted molar refractivity (Wildman–Crippen MR) is 113 cm³/mol. The van der Waals surface area contributed by atoms with Crippen LogP contribution in [0.2, 0.25) is 0 Å². The molecule has 1 aliphatic heterocycles. The van der Waals surface area contributed by atoms with E-state index in [0.29, 0.717) is 16.5 Å². The van der Waals surface area contributed by atoms with Crippen LogP contribution in [-0.2, 0) is 34.0 Å². The lowest BCUT2D eigenvalue weighted by molar-refractivity contribution is -0.171. The smallest absolute Gasteiger partial charge is 0.411 e. The van der Waals surface area contributed by atoms with Gasteiger partial charge in [0.15, 0.2) is 5.78 Å². The fourth-order valence-electron chi connectivity index (χ4n) is 4.96. The van der Waals surface area contributed by atoms with Crippen molar-refractivity contribution in [3.63, 3.8) is 0 Å². The average molecular weight is 442 g/mol. The van der Waals surface area contributed by atoms with Crippen LogP contribution in [0.25, 0.3) is 10.9 Å². The molecule has 1 fully saturated rings. The number of amides is 1. The van der Waals surface area contributed by atoms with Crippen LogP contribution in [0, 0.1) is 5.92 Å². The lowest BCUT2D eigenvalue weighted by atomic mass is 9.60. The van der Waals surface area contributed by atoms with E-state index in [1.165, 1.54) is 19.1 Å². The first kappa shape index (κ1) is 21.9. The van der Waals surface area contributed by atoms with Crippen LogP contribution in [0.1, 0.15) is 44.5 Å². The lowest BCUT2D eigenvalue weighted by Gasteiger charge is -2.48. The Morgan fingerprint density at radius 1 is 1.09 bits per heavy atom. The van der Waals surface area contributed by atoms with Crippen LogP contribution < -0.4 is 0 Å². The number of aromatic amines is 1. The number of hydrogen-bond acceptors (Lipinski definition) is 7. The van der Waals surface area contributed by atoms with Gasteiger partial charge in [-0.1, -0.05) is 18.2 Å². The second-order valence-electron chi connectivity index (χ2n) is 9.07. The van der Waals surface area contributed by atoms with Gasteiger partial charge in [-0.3, -0.25) is 19.3 Å². The third kappa shape index (κ3) is 2.91. The van der Waals surface area contributed by atoms with Gasteiger partial charge in [-0.2, -0.15) is 0 Å². The van der Waals surface area contributed by atoms with Gasteiger partial charge in [0.05, 0.1) is 25.8 Å². The zero-order valence-electron chi connectivity index (χ0n) is 18.7. The summed E-state index contributed by atoms with van der Waals surface area (Å²) in [5.74, 6) is -3.22. The zero-order valence-corrected chi connectivity index (χ0v) is 18.7. The topological polar surface area (TPSA) is 115 Å². The van der Waals surface area contributed by atoms with E-state index >= 15 is 0 Å². The average Bonchev–Trinajstić information content (AvgIpc) is 3.11. The summed E-state index contributed by atoms with van der Waals surface area (Å²) in [6, 6.07) is 6.13. The second kappa shape index (κ2) is 7.36. The summed E-state index contributed by atoms with van der Waals surface area (Å²) < 4.78 is 15.6. The van der Waals surface area contributed by atoms with E-state index in [0.717, 1.165) is 0 Å². The van der Waals surface area contributed by atoms with E-state index in [-0.39, 0.29) is 18.7 Å². The molecule has 0 spiro atoms. The minimum Gasteiger partial charge on any atom is -0.468 e. The molecule has 0 unspecified atom stereocenters. The number of nitrogens with one attached hydrogen (secondary N) is 1. The molecule has 2 heterocycles. The number of likely N-dealkylation sites (tertiary alicyclic amines) is 1. The first-order valence-corrected chi connectivity index (χ1v) is 10.4. The molecule has 32 heavy (non-hydrogen) atoms. The Balaban J connectivity index is 2.02. The number of carbonyl (C=O) groups is 4. The van der Waals surface area contributed by atoms with E-state index < -0.39 is 46.8 Å². The fraction of sp³-hybridized carbons (Fsp3) is 0.478. The Labute approximate surface area is 185 Å². The van der Waals surface area contributed by atoms with E-state index in [9.17, 15) is 19.2 Å². The SMILES string of the molecule is COC(=O)C1(C(=O)OC)c2[nH]c3ccccc3c2[C@H]2C(=O)[C@@H]1CCN2C(=O)OC(C)(C)C. The first-order chi connectivity index (χ1) is 15.1. The van der Waals surface area contributed by atoms with Crippen molar-refractivity contribution in [3.05, 3.63) is 35.5 Å². The molecule has 0 radical (unpaired) electrons. The number of H-pyrrole nitrogens is 1. The minimum atomic E-state index is -1.98. The molecule has 2 aromatic rings. The number of fused-ring (bicyclic) bond motifs is 6. The number of rotatable bonds is 2. The van der Waals surface area contributed by atoms with Gasteiger partial charge in [0.1, 0.15) is 11.6 Å². The van der Waals surface area contributed by atoms with Gasteiger partial charge in [0, 0.05) is 23.0 Å². The normalized spacial score (nSPS) is 21.7. The monoisotopic (exact) mass is 442 g/mol. The quantitative estimate of drug-likeness (QED) is 0.432. The maximum atomic E-state index is 13.8. The lowest BCUT2D eigenvalue weighted by Crippen LogP contribution is -2.63. The Kier molecular flexibility index (Phi) is 5.02. The molecule has 9 heteroatoms. The number of ketones is 1. The van der Waals surface area contributed by atoms with Crippen molar-refractivity contribution < 1.29 is 33.4 Å². The third-order valence-corrected chi connectivity index (χ3v) is 6.16. The third-order valence-electron chi connectivity index (χ3n) is 6.16.